The van der Waals surface area contributed by atoms with Gasteiger partial charge in [0.05, 0.1) is 10.6 Å². The van der Waals surface area contributed by atoms with Gasteiger partial charge in [0.1, 0.15) is 12.6 Å². The second-order valence-electron chi connectivity index (χ2n) is 11.3. The molecule has 0 aliphatic heterocycles. The fourth-order valence-electron chi connectivity index (χ4n) is 5.60. The first-order valence-corrected chi connectivity index (χ1v) is 18.0. The van der Waals surface area contributed by atoms with E-state index < -0.39 is 28.5 Å². The molecule has 240 valence electrons. The number of benzene rings is 4. The largest absolute Gasteiger partial charge is 0.352 e. The van der Waals surface area contributed by atoms with Crippen molar-refractivity contribution in [2.75, 3.05) is 10.8 Å². The third-order valence-electron chi connectivity index (χ3n) is 8.02. The van der Waals surface area contributed by atoms with Crippen LogP contribution in [0, 0.1) is 0 Å². The summed E-state index contributed by atoms with van der Waals surface area (Å²) in [6.45, 7) is -0.476. The molecule has 0 aromatic heterocycles. The van der Waals surface area contributed by atoms with Crippen molar-refractivity contribution in [3.8, 4) is 0 Å². The van der Waals surface area contributed by atoms with Crippen LogP contribution in [0.4, 0.5) is 5.69 Å². The Morgan fingerprint density at radius 1 is 0.826 bits per heavy atom. The van der Waals surface area contributed by atoms with Gasteiger partial charge in [-0.2, -0.15) is 0 Å². The van der Waals surface area contributed by atoms with Crippen molar-refractivity contribution in [2.45, 2.75) is 55.6 Å². The Kier molecular flexibility index (Phi) is 11.4. The van der Waals surface area contributed by atoms with Gasteiger partial charge in [-0.05, 0) is 78.6 Å². The van der Waals surface area contributed by atoms with Crippen LogP contribution in [-0.2, 0) is 32.6 Å². The van der Waals surface area contributed by atoms with Crippen molar-refractivity contribution in [3.63, 3.8) is 0 Å². The highest BCUT2D eigenvalue weighted by Gasteiger charge is 2.35. The van der Waals surface area contributed by atoms with Gasteiger partial charge < -0.3 is 10.2 Å². The van der Waals surface area contributed by atoms with E-state index in [0.717, 1.165) is 45.6 Å². The monoisotopic (exact) mass is 741 g/mol. The highest BCUT2D eigenvalue weighted by Crippen LogP contribution is 2.28. The number of carbonyl (C=O) groups excluding carboxylic acids is 2. The minimum atomic E-state index is -4.26. The second-order valence-corrected chi connectivity index (χ2v) is 14.9. The first kappa shape index (κ1) is 34.0. The third kappa shape index (κ3) is 8.70. The lowest BCUT2D eigenvalue weighted by Crippen LogP contribution is -2.54. The number of nitrogens with zero attached hydrogens (tertiary/aromatic N) is 2. The van der Waals surface area contributed by atoms with Crippen LogP contribution in [0.3, 0.4) is 0 Å². The summed E-state index contributed by atoms with van der Waals surface area (Å²) in [5.74, 6) is -0.806. The van der Waals surface area contributed by atoms with Crippen molar-refractivity contribution in [1.82, 2.24) is 10.2 Å². The highest BCUT2D eigenvalue weighted by atomic mass is 79.9. The molecule has 1 fully saturated rings. The van der Waals surface area contributed by atoms with Gasteiger partial charge in [0.15, 0.2) is 0 Å². The summed E-state index contributed by atoms with van der Waals surface area (Å²) in [7, 11) is -4.26. The molecule has 0 bridgehead atoms. The Balaban J connectivity index is 1.56. The molecule has 1 atom stereocenters. The van der Waals surface area contributed by atoms with Gasteiger partial charge in [0.2, 0.25) is 11.8 Å². The first-order valence-electron chi connectivity index (χ1n) is 15.0. The van der Waals surface area contributed by atoms with Gasteiger partial charge >= 0.3 is 0 Å². The van der Waals surface area contributed by atoms with Gasteiger partial charge in [-0.15, -0.1) is 0 Å². The SMILES string of the molecule is O=C(NC1CCCC1)[C@@H](Cc1ccccc1)N(Cc1ccc(Br)cc1)C(=O)CN(c1cccc(Cl)c1)S(=O)(=O)c1ccc(Cl)cc1. The average Bonchev–Trinajstić information content (AvgIpc) is 3.56. The summed E-state index contributed by atoms with van der Waals surface area (Å²) in [6, 6.07) is 28.2. The predicted octanol–water partition coefficient (Wildman–Crippen LogP) is 7.65. The molecule has 0 heterocycles. The van der Waals surface area contributed by atoms with Crippen molar-refractivity contribution in [2.24, 2.45) is 0 Å². The molecule has 0 spiro atoms. The zero-order valence-corrected chi connectivity index (χ0v) is 28.9. The molecule has 2 amide bonds. The van der Waals surface area contributed by atoms with Gasteiger partial charge in [0.25, 0.3) is 10.0 Å². The molecule has 46 heavy (non-hydrogen) atoms. The van der Waals surface area contributed by atoms with E-state index in [1.165, 1.54) is 35.2 Å². The Labute approximate surface area is 288 Å². The number of nitrogens with one attached hydrogen (secondary N) is 1. The Hall–Kier alpha value is -3.37. The lowest BCUT2D eigenvalue weighted by Gasteiger charge is -2.34. The van der Waals surface area contributed by atoms with Crippen molar-refractivity contribution in [3.05, 3.63) is 129 Å². The standard InChI is InChI=1S/C35H34BrCl2N3O4S/c36-27-15-13-26(14-16-27)23-40(33(21-25-7-2-1-3-8-25)35(43)39-30-10-4-5-11-30)34(42)24-41(31-12-6-9-29(38)22-31)46(44,45)32-19-17-28(37)18-20-32/h1-3,6-9,12-20,22,30,33H,4-5,10-11,21,23-24H2,(H,39,43)/t33-/m1/s1. The van der Waals surface area contributed by atoms with E-state index in [-0.39, 0.29) is 35.5 Å². The maximum atomic E-state index is 14.6. The molecule has 4 aromatic carbocycles. The predicted molar refractivity (Wildman–Crippen MR) is 186 cm³/mol. The van der Waals surface area contributed by atoms with Crippen LogP contribution >= 0.6 is 39.1 Å². The van der Waals surface area contributed by atoms with Crippen LogP contribution < -0.4 is 9.62 Å². The molecule has 1 N–H and O–H groups in total. The lowest BCUT2D eigenvalue weighted by atomic mass is 10.0. The molecule has 0 radical (unpaired) electrons. The van der Waals surface area contributed by atoms with E-state index in [1.54, 1.807) is 18.2 Å². The van der Waals surface area contributed by atoms with E-state index in [2.05, 4.69) is 21.2 Å². The van der Waals surface area contributed by atoms with Crippen LogP contribution in [0.1, 0.15) is 36.8 Å². The van der Waals surface area contributed by atoms with E-state index in [9.17, 15) is 18.0 Å². The molecule has 11 heteroatoms. The molecule has 1 aliphatic rings. The molecule has 7 nitrogen and oxygen atoms in total. The van der Waals surface area contributed by atoms with E-state index in [1.807, 2.05) is 54.6 Å². The van der Waals surface area contributed by atoms with E-state index in [4.69, 9.17) is 23.2 Å². The minimum Gasteiger partial charge on any atom is -0.352 e. The second kappa shape index (κ2) is 15.5. The number of anilines is 1. The van der Waals surface area contributed by atoms with Crippen LogP contribution in [0.25, 0.3) is 0 Å². The highest BCUT2D eigenvalue weighted by molar-refractivity contribution is 9.10. The lowest BCUT2D eigenvalue weighted by molar-refractivity contribution is -0.140. The van der Waals surface area contributed by atoms with Crippen molar-refractivity contribution >= 4 is 66.7 Å². The molecule has 4 aromatic rings. The third-order valence-corrected chi connectivity index (χ3v) is 10.8. The first-order chi connectivity index (χ1) is 22.1. The molecule has 5 rings (SSSR count). The van der Waals surface area contributed by atoms with Gasteiger partial charge in [-0.1, -0.05) is 101 Å². The smallest absolute Gasteiger partial charge is 0.264 e. The zero-order chi connectivity index (χ0) is 32.7. The number of halogens is 3. The summed E-state index contributed by atoms with van der Waals surface area (Å²) < 4.78 is 30.1. The number of hydrogen-bond acceptors (Lipinski definition) is 4. The number of amides is 2. The molecule has 0 unspecified atom stereocenters. The van der Waals surface area contributed by atoms with Crippen LogP contribution in [0.15, 0.2) is 112 Å². The Morgan fingerprint density at radius 2 is 1.50 bits per heavy atom. The number of carbonyl (C=O) groups is 2. The van der Waals surface area contributed by atoms with E-state index >= 15 is 0 Å². The summed E-state index contributed by atoms with van der Waals surface area (Å²) in [5, 5.41) is 3.87. The maximum Gasteiger partial charge on any atom is 0.264 e. The van der Waals surface area contributed by atoms with Crippen LogP contribution in [0.5, 0.6) is 0 Å². The molecule has 0 saturated heterocycles. The Bertz CT molecular complexity index is 1750. The van der Waals surface area contributed by atoms with Crippen LogP contribution in [0.2, 0.25) is 10.0 Å². The molecular formula is C35H34BrCl2N3O4S. The minimum absolute atomic E-state index is 0.0312. The van der Waals surface area contributed by atoms with Crippen molar-refractivity contribution in [1.29, 1.82) is 0 Å². The normalized spacial score (nSPS) is 14.1. The summed E-state index contributed by atoms with van der Waals surface area (Å²) in [4.78, 5) is 30.1. The number of rotatable bonds is 12. The quantitative estimate of drug-likeness (QED) is 0.162. The summed E-state index contributed by atoms with van der Waals surface area (Å²) in [5.41, 5.74) is 1.88. The molecular weight excluding hydrogens is 709 g/mol. The average molecular weight is 744 g/mol. The number of hydrogen-bond donors (Lipinski definition) is 1. The zero-order valence-electron chi connectivity index (χ0n) is 25.0. The fourth-order valence-corrected chi connectivity index (χ4v) is 7.58. The molecule has 1 aliphatic carbocycles. The topological polar surface area (TPSA) is 86.8 Å². The Morgan fingerprint density at radius 3 is 2.15 bits per heavy atom. The fraction of sp³-hybridized carbons (Fsp3) is 0.257. The van der Waals surface area contributed by atoms with Gasteiger partial charge in [-0.3, -0.25) is 13.9 Å². The summed E-state index contributed by atoms with van der Waals surface area (Å²) in [6.07, 6.45) is 4.08. The van der Waals surface area contributed by atoms with Gasteiger partial charge in [0, 0.05) is 33.5 Å². The van der Waals surface area contributed by atoms with Crippen molar-refractivity contribution < 1.29 is 18.0 Å². The maximum absolute atomic E-state index is 14.6. The molecule has 1 saturated carbocycles. The number of sulfonamides is 1. The van der Waals surface area contributed by atoms with Crippen LogP contribution in [-0.4, -0.2) is 43.8 Å². The summed E-state index contributed by atoms with van der Waals surface area (Å²) >= 11 is 15.8. The van der Waals surface area contributed by atoms with Gasteiger partial charge in [-0.25, -0.2) is 8.42 Å². The van der Waals surface area contributed by atoms with E-state index in [0.29, 0.717) is 10.0 Å².